The molecule has 1 fully saturated rings. The third-order valence-electron chi connectivity index (χ3n) is 4.13. The first-order valence-electron chi connectivity index (χ1n) is 7.31. The van der Waals surface area contributed by atoms with Gasteiger partial charge >= 0.3 is 6.18 Å². The molecule has 2 N–H and O–H groups in total. The number of alkyl halides is 3. The molecule has 23 heavy (non-hydrogen) atoms. The van der Waals surface area contributed by atoms with Crippen molar-refractivity contribution < 1.29 is 18.0 Å². The number of hydrogen-bond donors (Lipinski definition) is 2. The van der Waals surface area contributed by atoms with E-state index >= 15 is 0 Å². The average molecular weight is 327 g/mol. The zero-order chi connectivity index (χ0) is 16.6. The number of aromatic amines is 1. The largest absolute Gasteiger partial charge is 0.433 e. The molecule has 2 aromatic heterocycles. The van der Waals surface area contributed by atoms with E-state index < -0.39 is 17.8 Å². The molecule has 2 heterocycles. The highest BCUT2D eigenvalue weighted by atomic mass is 19.4. The highest BCUT2D eigenvalue weighted by Crippen LogP contribution is 2.32. The Morgan fingerprint density at radius 1 is 1.48 bits per heavy atom. The third kappa shape index (κ3) is 3.08. The van der Waals surface area contributed by atoms with Crippen LogP contribution in [0.4, 0.5) is 19.0 Å². The number of aromatic nitrogens is 4. The van der Waals surface area contributed by atoms with E-state index in [1.807, 2.05) is 5.10 Å². The van der Waals surface area contributed by atoms with Gasteiger partial charge in [0, 0.05) is 18.3 Å². The van der Waals surface area contributed by atoms with Crippen LogP contribution >= 0.6 is 0 Å². The molecule has 9 heteroatoms. The van der Waals surface area contributed by atoms with E-state index in [2.05, 4.69) is 15.5 Å². The molecule has 0 aromatic carbocycles. The van der Waals surface area contributed by atoms with E-state index in [4.69, 9.17) is 0 Å². The molecule has 1 saturated carbocycles. The van der Waals surface area contributed by atoms with E-state index in [9.17, 15) is 18.0 Å². The lowest BCUT2D eigenvalue weighted by Crippen LogP contribution is -2.24. The predicted octanol–water partition coefficient (Wildman–Crippen LogP) is 2.99. The Morgan fingerprint density at radius 2 is 2.22 bits per heavy atom. The van der Waals surface area contributed by atoms with Crippen molar-refractivity contribution in [3.05, 3.63) is 29.2 Å². The van der Waals surface area contributed by atoms with E-state index in [1.165, 1.54) is 19.5 Å². The Balaban J connectivity index is 1.75. The molecule has 1 aliphatic rings. The normalized spacial score (nSPS) is 15.5. The van der Waals surface area contributed by atoms with E-state index in [1.54, 1.807) is 10.7 Å². The minimum absolute atomic E-state index is 0.126. The van der Waals surface area contributed by atoms with Gasteiger partial charge in [-0.1, -0.05) is 6.42 Å². The number of anilines is 1. The van der Waals surface area contributed by atoms with Crippen LogP contribution in [-0.2, 0) is 12.7 Å². The summed E-state index contributed by atoms with van der Waals surface area (Å²) in [5.41, 5.74) is -0.792. The predicted molar refractivity (Wildman–Crippen MR) is 75.8 cm³/mol. The number of amides is 1. The van der Waals surface area contributed by atoms with Gasteiger partial charge in [-0.05, 0) is 31.7 Å². The molecule has 0 unspecified atom stereocenters. The Labute approximate surface area is 130 Å². The van der Waals surface area contributed by atoms with Crippen molar-refractivity contribution in [2.75, 3.05) is 5.32 Å². The number of nitrogens with one attached hydrogen (secondary N) is 2. The number of carbonyl (C=O) groups excluding carboxylic acids is 1. The van der Waals surface area contributed by atoms with Crippen LogP contribution in [0.15, 0.2) is 12.3 Å². The number of H-pyrrole nitrogens is 1. The van der Waals surface area contributed by atoms with Crippen LogP contribution in [0.25, 0.3) is 0 Å². The second-order valence-electron chi connectivity index (χ2n) is 5.72. The number of rotatable bonds is 4. The Bertz CT molecular complexity index is 714. The van der Waals surface area contributed by atoms with Gasteiger partial charge in [0.1, 0.15) is 11.4 Å². The Kier molecular flexibility index (Phi) is 3.87. The standard InChI is InChI=1S/C14H16F3N5O/c1-8-11(14(15,16)17)20-21-12(8)19-13(23)10-5-6-18-22(10)7-9-3-2-4-9/h5-6,9H,2-4,7H2,1H3,(H2,19,20,21,23). The minimum atomic E-state index is -4.54. The minimum Gasteiger partial charge on any atom is -0.304 e. The first-order valence-corrected chi connectivity index (χ1v) is 7.31. The Hall–Kier alpha value is -2.32. The fourth-order valence-electron chi connectivity index (χ4n) is 2.56. The Morgan fingerprint density at radius 3 is 2.78 bits per heavy atom. The van der Waals surface area contributed by atoms with Crippen molar-refractivity contribution in [2.24, 2.45) is 5.92 Å². The lowest BCUT2D eigenvalue weighted by molar-refractivity contribution is -0.141. The highest BCUT2D eigenvalue weighted by Gasteiger charge is 2.36. The molecule has 2 aromatic rings. The smallest absolute Gasteiger partial charge is 0.304 e. The summed E-state index contributed by atoms with van der Waals surface area (Å²) in [6, 6.07) is 1.54. The van der Waals surface area contributed by atoms with Gasteiger partial charge in [0.25, 0.3) is 5.91 Å². The van der Waals surface area contributed by atoms with Crippen molar-refractivity contribution in [3.63, 3.8) is 0 Å². The SMILES string of the molecule is Cc1c(NC(=O)c2ccnn2CC2CCC2)n[nH]c1C(F)(F)F. The van der Waals surface area contributed by atoms with Gasteiger partial charge in [-0.15, -0.1) is 0 Å². The number of halogens is 3. The van der Waals surface area contributed by atoms with Crippen molar-refractivity contribution in [1.29, 1.82) is 0 Å². The zero-order valence-corrected chi connectivity index (χ0v) is 12.4. The molecule has 0 bridgehead atoms. The summed E-state index contributed by atoms with van der Waals surface area (Å²) in [5.74, 6) is -0.144. The van der Waals surface area contributed by atoms with Crippen LogP contribution in [0.5, 0.6) is 0 Å². The maximum absolute atomic E-state index is 12.7. The number of hydrogen-bond acceptors (Lipinski definition) is 3. The van der Waals surface area contributed by atoms with E-state index in [-0.39, 0.29) is 11.4 Å². The fraction of sp³-hybridized carbons (Fsp3) is 0.500. The molecular formula is C14H16F3N5O. The van der Waals surface area contributed by atoms with Crippen LogP contribution < -0.4 is 5.32 Å². The summed E-state index contributed by atoms with van der Waals surface area (Å²) in [6.45, 7) is 1.90. The maximum Gasteiger partial charge on any atom is 0.433 e. The van der Waals surface area contributed by atoms with Gasteiger partial charge in [0.15, 0.2) is 5.82 Å². The number of carbonyl (C=O) groups is 1. The molecule has 1 amide bonds. The molecule has 124 valence electrons. The van der Waals surface area contributed by atoms with Gasteiger partial charge in [-0.25, -0.2) is 0 Å². The second kappa shape index (κ2) is 5.71. The second-order valence-corrected chi connectivity index (χ2v) is 5.72. The summed E-state index contributed by atoms with van der Waals surface area (Å²) in [6.07, 6.45) is 0.362. The van der Waals surface area contributed by atoms with Crippen LogP contribution in [0.3, 0.4) is 0 Å². The van der Waals surface area contributed by atoms with Gasteiger partial charge in [-0.2, -0.15) is 23.4 Å². The third-order valence-corrected chi connectivity index (χ3v) is 4.13. The average Bonchev–Trinajstić information content (AvgIpc) is 3.01. The summed E-state index contributed by atoms with van der Waals surface area (Å²) >= 11 is 0. The monoisotopic (exact) mass is 327 g/mol. The first-order chi connectivity index (χ1) is 10.9. The molecule has 3 rings (SSSR count). The summed E-state index contributed by atoms with van der Waals surface area (Å²) in [5, 5.41) is 12.0. The topological polar surface area (TPSA) is 75.6 Å². The van der Waals surface area contributed by atoms with Crippen LogP contribution in [0.1, 0.15) is 41.0 Å². The van der Waals surface area contributed by atoms with E-state index in [0.29, 0.717) is 18.2 Å². The van der Waals surface area contributed by atoms with Crippen LogP contribution in [0, 0.1) is 12.8 Å². The molecular weight excluding hydrogens is 311 g/mol. The van der Waals surface area contributed by atoms with Crippen molar-refractivity contribution in [1.82, 2.24) is 20.0 Å². The van der Waals surface area contributed by atoms with Crippen molar-refractivity contribution in [3.8, 4) is 0 Å². The van der Waals surface area contributed by atoms with Crippen LogP contribution in [0.2, 0.25) is 0 Å². The molecule has 1 aliphatic carbocycles. The molecule has 0 spiro atoms. The molecule has 0 radical (unpaired) electrons. The summed E-state index contributed by atoms with van der Waals surface area (Å²) in [4.78, 5) is 12.3. The summed E-state index contributed by atoms with van der Waals surface area (Å²) in [7, 11) is 0. The highest BCUT2D eigenvalue weighted by molar-refractivity contribution is 6.02. The number of nitrogens with zero attached hydrogens (tertiary/aromatic N) is 3. The quantitative estimate of drug-likeness (QED) is 0.906. The lowest BCUT2D eigenvalue weighted by Gasteiger charge is -2.25. The first kappa shape index (κ1) is 15.6. The molecule has 0 atom stereocenters. The lowest BCUT2D eigenvalue weighted by atomic mass is 9.85. The molecule has 0 saturated heterocycles. The zero-order valence-electron chi connectivity index (χ0n) is 12.4. The van der Waals surface area contributed by atoms with Gasteiger partial charge in [0.05, 0.1) is 0 Å². The molecule has 6 nitrogen and oxygen atoms in total. The summed E-state index contributed by atoms with van der Waals surface area (Å²) < 4.78 is 39.8. The van der Waals surface area contributed by atoms with Crippen molar-refractivity contribution in [2.45, 2.75) is 38.9 Å². The maximum atomic E-state index is 12.7. The van der Waals surface area contributed by atoms with Crippen LogP contribution in [-0.4, -0.2) is 25.9 Å². The van der Waals surface area contributed by atoms with Gasteiger partial charge in [0.2, 0.25) is 0 Å². The van der Waals surface area contributed by atoms with Crippen molar-refractivity contribution >= 4 is 11.7 Å². The van der Waals surface area contributed by atoms with Gasteiger partial charge in [-0.3, -0.25) is 14.6 Å². The molecule has 0 aliphatic heterocycles. The fourth-order valence-corrected chi connectivity index (χ4v) is 2.56. The van der Waals surface area contributed by atoms with Gasteiger partial charge < -0.3 is 5.32 Å². The van der Waals surface area contributed by atoms with E-state index in [0.717, 1.165) is 12.8 Å².